The van der Waals surface area contributed by atoms with Crippen molar-refractivity contribution in [3.05, 3.63) is 65.2 Å². The quantitative estimate of drug-likeness (QED) is 0.440. The van der Waals surface area contributed by atoms with Gasteiger partial charge in [-0.25, -0.2) is 4.98 Å². The lowest BCUT2D eigenvalue weighted by molar-refractivity contribution is 0.775. The number of pyridine rings is 1. The van der Waals surface area contributed by atoms with Crippen LogP contribution < -0.4 is 0 Å². The molecule has 4 aromatic rings. The Balaban J connectivity index is 1.64. The van der Waals surface area contributed by atoms with E-state index in [0.717, 1.165) is 27.1 Å². The van der Waals surface area contributed by atoms with Crippen LogP contribution in [0.3, 0.4) is 0 Å². The van der Waals surface area contributed by atoms with Gasteiger partial charge in [0.15, 0.2) is 5.82 Å². The van der Waals surface area contributed by atoms with E-state index in [1.165, 1.54) is 11.8 Å². The molecule has 0 saturated heterocycles. The SMILES string of the molecule is Clc1ccc(-c2nnc3n2N=Cc2cc4ccccc4nc2S3)cc1. The van der Waals surface area contributed by atoms with Gasteiger partial charge in [-0.3, -0.25) is 0 Å². The van der Waals surface area contributed by atoms with Gasteiger partial charge in [-0.15, -0.1) is 10.2 Å². The lowest BCUT2D eigenvalue weighted by atomic mass is 10.2. The molecule has 7 heteroatoms. The first-order chi connectivity index (χ1) is 12.3. The molecule has 0 aliphatic carbocycles. The second-order valence-electron chi connectivity index (χ2n) is 5.55. The largest absolute Gasteiger partial charge is 0.240 e. The highest BCUT2D eigenvalue weighted by Crippen LogP contribution is 2.33. The third-order valence-electron chi connectivity index (χ3n) is 3.93. The molecule has 120 valence electrons. The first-order valence-electron chi connectivity index (χ1n) is 7.61. The summed E-state index contributed by atoms with van der Waals surface area (Å²) in [5, 5.41) is 16.5. The molecule has 2 aromatic heterocycles. The molecular weight excluding hydrogens is 354 g/mol. The van der Waals surface area contributed by atoms with Gasteiger partial charge >= 0.3 is 0 Å². The van der Waals surface area contributed by atoms with Gasteiger partial charge in [0, 0.05) is 21.5 Å². The molecule has 0 amide bonds. The summed E-state index contributed by atoms with van der Waals surface area (Å²) in [6, 6.07) is 17.6. The number of benzene rings is 2. The summed E-state index contributed by atoms with van der Waals surface area (Å²) in [6.45, 7) is 0. The van der Waals surface area contributed by atoms with Crippen LogP contribution in [-0.4, -0.2) is 26.1 Å². The van der Waals surface area contributed by atoms with E-state index in [1.807, 2.05) is 48.5 Å². The van der Waals surface area contributed by atoms with Crippen LogP contribution in [0.1, 0.15) is 5.56 Å². The Morgan fingerprint density at radius 1 is 0.960 bits per heavy atom. The molecule has 0 radical (unpaired) electrons. The molecule has 2 aromatic carbocycles. The smallest absolute Gasteiger partial charge is 0.218 e. The maximum absolute atomic E-state index is 5.97. The molecule has 5 nitrogen and oxygen atoms in total. The van der Waals surface area contributed by atoms with Crippen molar-refractivity contribution >= 4 is 40.5 Å². The summed E-state index contributed by atoms with van der Waals surface area (Å²) in [5.74, 6) is 0.674. The number of hydrogen-bond donors (Lipinski definition) is 0. The van der Waals surface area contributed by atoms with Crippen molar-refractivity contribution in [2.75, 3.05) is 0 Å². The minimum Gasteiger partial charge on any atom is -0.240 e. The Kier molecular flexibility index (Phi) is 3.33. The zero-order valence-corrected chi connectivity index (χ0v) is 14.4. The predicted molar refractivity (Wildman–Crippen MR) is 99.3 cm³/mol. The minimum absolute atomic E-state index is 0.674. The summed E-state index contributed by atoms with van der Waals surface area (Å²) in [7, 11) is 0. The van der Waals surface area contributed by atoms with Crippen molar-refractivity contribution in [3.63, 3.8) is 0 Å². The van der Waals surface area contributed by atoms with E-state index in [2.05, 4.69) is 21.4 Å². The summed E-state index contributed by atoms with van der Waals surface area (Å²) >= 11 is 7.43. The van der Waals surface area contributed by atoms with E-state index in [4.69, 9.17) is 16.6 Å². The van der Waals surface area contributed by atoms with Gasteiger partial charge in [0.25, 0.3) is 0 Å². The first-order valence-corrected chi connectivity index (χ1v) is 8.81. The molecule has 3 heterocycles. The van der Waals surface area contributed by atoms with Crippen LogP contribution >= 0.6 is 23.4 Å². The highest BCUT2D eigenvalue weighted by Gasteiger charge is 2.19. The Hall–Kier alpha value is -2.70. The summed E-state index contributed by atoms with van der Waals surface area (Å²) in [6.07, 6.45) is 1.81. The highest BCUT2D eigenvalue weighted by molar-refractivity contribution is 7.99. The molecule has 0 saturated carbocycles. The third-order valence-corrected chi connectivity index (χ3v) is 5.14. The Labute approximate surface area is 152 Å². The second-order valence-corrected chi connectivity index (χ2v) is 6.94. The van der Waals surface area contributed by atoms with Crippen LogP contribution in [0.4, 0.5) is 0 Å². The number of hydrogen-bond acceptors (Lipinski definition) is 5. The van der Waals surface area contributed by atoms with Gasteiger partial charge in [-0.05, 0) is 48.2 Å². The van der Waals surface area contributed by atoms with Crippen molar-refractivity contribution < 1.29 is 0 Å². The number of para-hydroxylation sites is 1. The maximum Gasteiger partial charge on any atom is 0.218 e. The van der Waals surface area contributed by atoms with Crippen LogP contribution in [0, 0.1) is 0 Å². The summed E-state index contributed by atoms with van der Waals surface area (Å²) in [5.41, 5.74) is 2.83. The van der Waals surface area contributed by atoms with E-state index in [0.29, 0.717) is 16.0 Å². The maximum atomic E-state index is 5.97. The van der Waals surface area contributed by atoms with Crippen molar-refractivity contribution in [2.45, 2.75) is 10.2 Å². The van der Waals surface area contributed by atoms with E-state index >= 15 is 0 Å². The number of fused-ring (bicyclic) bond motifs is 3. The molecule has 5 rings (SSSR count). The molecule has 1 aliphatic rings. The normalized spacial score (nSPS) is 12.7. The first kappa shape index (κ1) is 14.6. The lowest BCUT2D eigenvalue weighted by Gasteiger charge is -2.03. The average Bonchev–Trinajstić information content (AvgIpc) is 2.94. The molecular formula is C18H10ClN5S. The summed E-state index contributed by atoms with van der Waals surface area (Å²) < 4.78 is 1.74. The molecule has 0 unspecified atom stereocenters. The summed E-state index contributed by atoms with van der Waals surface area (Å²) in [4.78, 5) is 4.74. The van der Waals surface area contributed by atoms with Crippen LogP contribution in [0.15, 0.2) is 69.9 Å². The Morgan fingerprint density at radius 2 is 1.80 bits per heavy atom. The van der Waals surface area contributed by atoms with E-state index in [-0.39, 0.29) is 0 Å². The third kappa shape index (κ3) is 2.50. The number of rotatable bonds is 1. The fourth-order valence-corrected chi connectivity index (χ4v) is 3.68. The Morgan fingerprint density at radius 3 is 2.68 bits per heavy atom. The zero-order chi connectivity index (χ0) is 16.8. The van der Waals surface area contributed by atoms with Crippen molar-refractivity contribution in [1.82, 2.24) is 19.9 Å². The standard InChI is InChI=1S/C18H10ClN5S/c19-14-7-5-11(6-8-14)16-22-23-18-24(16)20-10-13-9-12-3-1-2-4-15(12)21-17(13)25-18/h1-10H. The van der Waals surface area contributed by atoms with Crippen LogP contribution in [0.25, 0.3) is 22.3 Å². The molecule has 25 heavy (non-hydrogen) atoms. The van der Waals surface area contributed by atoms with Gasteiger partial charge in [0.1, 0.15) is 5.03 Å². The molecule has 0 fully saturated rings. The van der Waals surface area contributed by atoms with Crippen molar-refractivity contribution in [3.8, 4) is 11.4 Å². The Bertz CT molecular complexity index is 1130. The van der Waals surface area contributed by atoms with Crippen LogP contribution in [0.2, 0.25) is 5.02 Å². The average molecular weight is 364 g/mol. The van der Waals surface area contributed by atoms with Gasteiger partial charge in [0.2, 0.25) is 5.16 Å². The van der Waals surface area contributed by atoms with Crippen LogP contribution in [0.5, 0.6) is 0 Å². The minimum atomic E-state index is 0.674. The van der Waals surface area contributed by atoms with Gasteiger partial charge < -0.3 is 0 Å². The van der Waals surface area contributed by atoms with E-state index in [1.54, 1.807) is 10.9 Å². The van der Waals surface area contributed by atoms with E-state index in [9.17, 15) is 0 Å². The fraction of sp³-hybridized carbons (Fsp3) is 0. The second kappa shape index (κ2) is 5.68. The molecule has 0 N–H and O–H groups in total. The molecule has 0 spiro atoms. The van der Waals surface area contributed by atoms with Crippen LogP contribution in [-0.2, 0) is 0 Å². The van der Waals surface area contributed by atoms with Crippen molar-refractivity contribution in [2.24, 2.45) is 5.10 Å². The predicted octanol–water partition coefficient (Wildman–Crippen LogP) is 4.49. The van der Waals surface area contributed by atoms with Gasteiger partial charge in [-0.1, -0.05) is 29.8 Å². The monoisotopic (exact) mass is 363 g/mol. The zero-order valence-electron chi connectivity index (χ0n) is 12.8. The van der Waals surface area contributed by atoms with Gasteiger partial charge in [0.05, 0.1) is 11.7 Å². The van der Waals surface area contributed by atoms with Crippen molar-refractivity contribution in [1.29, 1.82) is 0 Å². The fourth-order valence-electron chi connectivity index (χ4n) is 2.71. The number of aromatic nitrogens is 4. The highest BCUT2D eigenvalue weighted by atomic mass is 35.5. The number of halogens is 1. The van der Waals surface area contributed by atoms with E-state index < -0.39 is 0 Å². The molecule has 0 atom stereocenters. The number of nitrogens with zero attached hydrogens (tertiary/aromatic N) is 5. The van der Waals surface area contributed by atoms with Gasteiger partial charge in [-0.2, -0.15) is 9.78 Å². The lowest BCUT2D eigenvalue weighted by Crippen LogP contribution is -1.94. The molecule has 0 bridgehead atoms. The molecule has 1 aliphatic heterocycles. The topological polar surface area (TPSA) is 56.0 Å².